The van der Waals surface area contributed by atoms with Crippen molar-refractivity contribution < 1.29 is 9.15 Å². The van der Waals surface area contributed by atoms with E-state index < -0.39 is 0 Å². The molecule has 0 spiro atoms. The SMILES string of the molecule is CC(C)Oc1cncc(C(N)c2ccco2)c1. The summed E-state index contributed by atoms with van der Waals surface area (Å²) in [6, 6.07) is 5.24. The molecule has 0 bridgehead atoms. The summed E-state index contributed by atoms with van der Waals surface area (Å²) in [6.45, 7) is 3.94. The van der Waals surface area contributed by atoms with Crippen LogP contribution in [-0.2, 0) is 0 Å². The van der Waals surface area contributed by atoms with E-state index >= 15 is 0 Å². The molecule has 4 nitrogen and oxygen atoms in total. The van der Waals surface area contributed by atoms with Crippen LogP contribution in [-0.4, -0.2) is 11.1 Å². The Hall–Kier alpha value is -1.81. The van der Waals surface area contributed by atoms with Gasteiger partial charge in [0.25, 0.3) is 0 Å². The molecular formula is C13H16N2O2. The van der Waals surface area contributed by atoms with E-state index in [9.17, 15) is 0 Å². The smallest absolute Gasteiger partial charge is 0.138 e. The molecular weight excluding hydrogens is 216 g/mol. The van der Waals surface area contributed by atoms with Crippen LogP contribution in [0.4, 0.5) is 0 Å². The lowest BCUT2D eigenvalue weighted by molar-refractivity contribution is 0.241. The quantitative estimate of drug-likeness (QED) is 0.879. The van der Waals surface area contributed by atoms with Crippen LogP contribution >= 0.6 is 0 Å². The number of hydrogen-bond acceptors (Lipinski definition) is 4. The average Bonchev–Trinajstić information content (AvgIpc) is 2.81. The minimum absolute atomic E-state index is 0.117. The third kappa shape index (κ3) is 2.85. The predicted octanol–water partition coefficient (Wildman–Crippen LogP) is 2.51. The summed E-state index contributed by atoms with van der Waals surface area (Å²) in [5, 5.41) is 0. The Labute approximate surface area is 100 Å². The maximum atomic E-state index is 6.07. The monoisotopic (exact) mass is 232 g/mol. The van der Waals surface area contributed by atoms with Gasteiger partial charge in [-0.25, -0.2) is 0 Å². The first-order valence-electron chi connectivity index (χ1n) is 5.57. The third-order valence-electron chi connectivity index (χ3n) is 2.31. The van der Waals surface area contributed by atoms with Crippen LogP contribution < -0.4 is 10.5 Å². The molecule has 0 aliphatic rings. The van der Waals surface area contributed by atoms with E-state index in [-0.39, 0.29) is 12.1 Å². The first kappa shape index (κ1) is 11.7. The molecule has 17 heavy (non-hydrogen) atoms. The summed E-state index contributed by atoms with van der Waals surface area (Å²) < 4.78 is 10.9. The highest BCUT2D eigenvalue weighted by atomic mass is 16.5. The average molecular weight is 232 g/mol. The molecule has 2 aromatic heterocycles. The molecule has 0 saturated heterocycles. The van der Waals surface area contributed by atoms with E-state index in [2.05, 4.69) is 4.98 Å². The Kier molecular flexibility index (Phi) is 3.44. The van der Waals surface area contributed by atoms with Crippen LogP contribution in [0.2, 0.25) is 0 Å². The number of pyridine rings is 1. The van der Waals surface area contributed by atoms with Gasteiger partial charge in [-0.2, -0.15) is 0 Å². The van der Waals surface area contributed by atoms with Gasteiger partial charge < -0.3 is 14.9 Å². The van der Waals surface area contributed by atoms with Gasteiger partial charge in [-0.3, -0.25) is 4.98 Å². The highest BCUT2D eigenvalue weighted by Crippen LogP contribution is 2.22. The first-order chi connectivity index (χ1) is 8.16. The van der Waals surface area contributed by atoms with Crippen molar-refractivity contribution in [3.63, 3.8) is 0 Å². The predicted molar refractivity (Wildman–Crippen MR) is 64.7 cm³/mol. The molecule has 0 aromatic carbocycles. The first-order valence-corrected chi connectivity index (χ1v) is 5.57. The fourth-order valence-corrected chi connectivity index (χ4v) is 1.57. The molecule has 0 radical (unpaired) electrons. The van der Waals surface area contributed by atoms with Crippen molar-refractivity contribution in [1.29, 1.82) is 0 Å². The number of aromatic nitrogens is 1. The van der Waals surface area contributed by atoms with Gasteiger partial charge in [0.1, 0.15) is 11.5 Å². The second-order valence-electron chi connectivity index (χ2n) is 4.11. The van der Waals surface area contributed by atoms with Crippen LogP contribution in [0.5, 0.6) is 5.75 Å². The number of rotatable bonds is 4. The molecule has 90 valence electrons. The minimum atomic E-state index is -0.312. The maximum absolute atomic E-state index is 6.07. The van der Waals surface area contributed by atoms with Crippen molar-refractivity contribution in [2.45, 2.75) is 26.0 Å². The Balaban J connectivity index is 2.21. The topological polar surface area (TPSA) is 61.3 Å². The van der Waals surface area contributed by atoms with E-state index in [0.717, 1.165) is 11.3 Å². The molecule has 2 heterocycles. The Morgan fingerprint density at radius 2 is 2.18 bits per heavy atom. The van der Waals surface area contributed by atoms with E-state index in [0.29, 0.717) is 5.76 Å². The lowest BCUT2D eigenvalue weighted by atomic mass is 10.1. The second kappa shape index (κ2) is 5.01. The number of furan rings is 1. The fourth-order valence-electron chi connectivity index (χ4n) is 1.57. The molecule has 0 amide bonds. The van der Waals surface area contributed by atoms with Crippen LogP contribution in [0, 0.1) is 0 Å². The molecule has 0 aliphatic heterocycles. The van der Waals surface area contributed by atoms with Crippen LogP contribution in [0.3, 0.4) is 0 Å². The van der Waals surface area contributed by atoms with Gasteiger partial charge in [-0.15, -0.1) is 0 Å². The second-order valence-corrected chi connectivity index (χ2v) is 4.11. The molecule has 0 aliphatic carbocycles. The van der Waals surface area contributed by atoms with Gasteiger partial charge in [0.15, 0.2) is 0 Å². The number of nitrogens with two attached hydrogens (primary N) is 1. The van der Waals surface area contributed by atoms with Crippen molar-refractivity contribution in [2.75, 3.05) is 0 Å². The molecule has 1 unspecified atom stereocenters. The highest BCUT2D eigenvalue weighted by Gasteiger charge is 2.13. The zero-order chi connectivity index (χ0) is 12.3. The summed E-state index contributed by atoms with van der Waals surface area (Å²) in [7, 11) is 0. The van der Waals surface area contributed by atoms with Crippen molar-refractivity contribution in [3.8, 4) is 5.75 Å². The van der Waals surface area contributed by atoms with Gasteiger partial charge in [0, 0.05) is 6.20 Å². The summed E-state index contributed by atoms with van der Waals surface area (Å²) in [5.41, 5.74) is 6.94. The third-order valence-corrected chi connectivity index (χ3v) is 2.31. The van der Waals surface area contributed by atoms with Gasteiger partial charge in [0.05, 0.1) is 24.6 Å². The van der Waals surface area contributed by atoms with Crippen molar-refractivity contribution in [1.82, 2.24) is 4.98 Å². The van der Waals surface area contributed by atoms with Gasteiger partial charge in [-0.05, 0) is 37.6 Å². The Bertz CT molecular complexity index is 466. The fraction of sp³-hybridized carbons (Fsp3) is 0.308. The zero-order valence-corrected chi connectivity index (χ0v) is 9.96. The van der Waals surface area contributed by atoms with Crippen molar-refractivity contribution in [3.05, 3.63) is 48.2 Å². The summed E-state index contributed by atoms with van der Waals surface area (Å²) >= 11 is 0. The Morgan fingerprint density at radius 3 is 2.82 bits per heavy atom. The number of hydrogen-bond donors (Lipinski definition) is 1. The molecule has 0 fully saturated rings. The maximum Gasteiger partial charge on any atom is 0.138 e. The van der Waals surface area contributed by atoms with Crippen LogP contribution in [0.25, 0.3) is 0 Å². The van der Waals surface area contributed by atoms with Crippen molar-refractivity contribution >= 4 is 0 Å². The van der Waals surface area contributed by atoms with E-state index in [1.807, 2.05) is 32.0 Å². The Morgan fingerprint density at radius 1 is 1.35 bits per heavy atom. The highest BCUT2D eigenvalue weighted by molar-refractivity contribution is 5.30. The summed E-state index contributed by atoms with van der Waals surface area (Å²) in [4.78, 5) is 4.12. The van der Waals surface area contributed by atoms with Gasteiger partial charge in [-0.1, -0.05) is 0 Å². The largest absolute Gasteiger partial charge is 0.489 e. The van der Waals surface area contributed by atoms with Gasteiger partial charge >= 0.3 is 0 Å². The normalized spacial score (nSPS) is 12.7. The van der Waals surface area contributed by atoms with E-state index in [1.165, 1.54) is 0 Å². The molecule has 4 heteroatoms. The minimum Gasteiger partial charge on any atom is -0.489 e. The van der Waals surface area contributed by atoms with Gasteiger partial charge in [0.2, 0.25) is 0 Å². The molecule has 2 N–H and O–H groups in total. The van der Waals surface area contributed by atoms with Crippen molar-refractivity contribution in [2.24, 2.45) is 5.73 Å². The van der Waals surface area contributed by atoms with Crippen LogP contribution in [0.15, 0.2) is 41.3 Å². The lowest BCUT2D eigenvalue weighted by Crippen LogP contribution is -2.12. The standard InChI is InChI=1S/C13H16N2O2/c1-9(2)17-11-6-10(7-15-8-11)13(14)12-4-3-5-16-12/h3-9,13H,14H2,1-2H3. The lowest BCUT2D eigenvalue weighted by Gasteiger charge is -2.13. The van der Waals surface area contributed by atoms with Crippen LogP contribution in [0.1, 0.15) is 31.2 Å². The number of ether oxygens (including phenoxy) is 1. The summed E-state index contributed by atoms with van der Waals surface area (Å²) in [5.74, 6) is 1.44. The zero-order valence-electron chi connectivity index (χ0n) is 9.96. The molecule has 0 saturated carbocycles. The molecule has 1 atom stereocenters. The van der Waals surface area contributed by atoms with E-state index in [4.69, 9.17) is 14.9 Å². The number of nitrogens with zero attached hydrogens (tertiary/aromatic N) is 1. The van der Waals surface area contributed by atoms with E-state index in [1.54, 1.807) is 18.7 Å². The molecule has 2 rings (SSSR count). The summed E-state index contributed by atoms with van der Waals surface area (Å²) in [6.07, 6.45) is 5.13. The molecule has 2 aromatic rings.